The molecule has 3 aromatic heterocycles. The van der Waals surface area contributed by atoms with Crippen LogP contribution in [0.5, 0.6) is 0 Å². The fraction of sp³-hybridized carbons (Fsp3) is 0.565. The molecule has 0 aliphatic heterocycles. The quantitative estimate of drug-likeness (QED) is 0.424. The molecule has 1 aliphatic carbocycles. The van der Waals surface area contributed by atoms with E-state index in [0.717, 1.165) is 48.5 Å². The molecule has 1 fully saturated rings. The first-order valence-corrected chi connectivity index (χ1v) is 11.5. The lowest BCUT2D eigenvalue weighted by Gasteiger charge is -2.36. The molecular weight excluding hydrogens is 394 g/mol. The number of rotatable bonds is 8. The van der Waals surface area contributed by atoms with Crippen LogP contribution in [0, 0.1) is 0 Å². The summed E-state index contributed by atoms with van der Waals surface area (Å²) in [6.07, 6.45) is 13.0. The molecule has 3 heterocycles. The number of pyridine rings is 1. The molecule has 0 aromatic carbocycles. The van der Waals surface area contributed by atoms with Gasteiger partial charge in [-0.2, -0.15) is 5.10 Å². The molecule has 0 unspecified atom stereocenters. The van der Waals surface area contributed by atoms with Crippen molar-refractivity contribution < 1.29 is 4.74 Å². The highest BCUT2D eigenvalue weighted by Crippen LogP contribution is 2.37. The van der Waals surface area contributed by atoms with Gasteiger partial charge in [0.05, 0.1) is 12.8 Å². The van der Waals surface area contributed by atoms with Crippen LogP contribution in [0.3, 0.4) is 0 Å². The Morgan fingerprint density at radius 3 is 2.63 bits per heavy atom. The molecular formula is C23H33N5OS. The molecule has 1 saturated carbocycles. The lowest BCUT2D eigenvalue weighted by atomic mass is 9.81. The van der Waals surface area contributed by atoms with Gasteiger partial charge in [0.2, 0.25) is 0 Å². The van der Waals surface area contributed by atoms with Crippen molar-refractivity contribution in [3.8, 4) is 11.1 Å². The summed E-state index contributed by atoms with van der Waals surface area (Å²) in [7, 11) is 1.94. The summed E-state index contributed by atoms with van der Waals surface area (Å²) in [6.45, 7) is 8.10. The molecule has 4 rings (SSSR count). The van der Waals surface area contributed by atoms with Gasteiger partial charge in [-0.3, -0.25) is 13.6 Å². The van der Waals surface area contributed by atoms with Crippen LogP contribution in [0.25, 0.3) is 22.2 Å². The third-order valence-electron chi connectivity index (χ3n) is 6.48. The second-order valence-electron chi connectivity index (χ2n) is 8.26. The number of aryl methyl sites for hydroxylation is 1. The van der Waals surface area contributed by atoms with Crippen LogP contribution in [-0.2, 0) is 11.8 Å². The van der Waals surface area contributed by atoms with Crippen LogP contribution in [0.4, 0.5) is 0 Å². The van der Waals surface area contributed by atoms with E-state index in [2.05, 4.69) is 48.9 Å². The number of aromatic nitrogens is 4. The maximum atomic E-state index is 5.58. The number of thiol groups is 1. The van der Waals surface area contributed by atoms with Gasteiger partial charge in [0, 0.05) is 61.3 Å². The number of likely N-dealkylation sites (N-methyl/N-ethyl adjacent to an activating group) is 1. The fourth-order valence-corrected chi connectivity index (χ4v) is 5.10. The minimum Gasteiger partial charge on any atom is -0.380 e. The number of hydrogen-bond acceptors (Lipinski definition) is 5. The van der Waals surface area contributed by atoms with Crippen molar-refractivity contribution in [3.05, 3.63) is 36.4 Å². The Bertz CT molecular complexity index is 973. The van der Waals surface area contributed by atoms with Gasteiger partial charge in [-0.25, -0.2) is 4.98 Å². The van der Waals surface area contributed by atoms with Crippen LogP contribution in [0.15, 0.2) is 30.9 Å². The Morgan fingerprint density at radius 1 is 1.17 bits per heavy atom. The molecule has 0 bridgehead atoms. The summed E-state index contributed by atoms with van der Waals surface area (Å²) in [5.74, 6) is 0.578. The Balaban J connectivity index is 1.49. The zero-order valence-electron chi connectivity index (χ0n) is 18.3. The Hall–Kier alpha value is -1.83. The summed E-state index contributed by atoms with van der Waals surface area (Å²) in [5.41, 5.74) is 4.50. The molecule has 0 saturated heterocycles. The molecule has 0 amide bonds. The van der Waals surface area contributed by atoms with Gasteiger partial charge in [-0.1, -0.05) is 19.7 Å². The predicted molar refractivity (Wildman–Crippen MR) is 125 cm³/mol. The topological polar surface area (TPSA) is 48.1 Å². The smallest absolute Gasteiger partial charge is 0.150 e. The summed E-state index contributed by atoms with van der Waals surface area (Å²) >= 11 is 4.58. The van der Waals surface area contributed by atoms with Crippen LogP contribution in [0.2, 0.25) is 0 Å². The van der Waals surface area contributed by atoms with E-state index in [4.69, 9.17) is 9.72 Å². The lowest BCUT2D eigenvalue weighted by molar-refractivity contribution is 0.0834. The monoisotopic (exact) mass is 427 g/mol. The van der Waals surface area contributed by atoms with Crippen LogP contribution >= 0.6 is 12.8 Å². The van der Waals surface area contributed by atoms with Crippen LogP contribution < -0.4 is 0 Å². The zero-order valence-corrected chi connectivity index (χ0v) is 19.2. The minimum absolute atomic E-state index is 0.578. The molecule has 0 spiro atoms. The number of nitrogens with zero attached hydrogens (tertiary/aromatic N) is 5. The second kappa shape index (κ2) is 9.54. The summed E-state index contributed by atoms with van der Waals surface area (Å²) in [6, 6.07) is 3.00. The van der Waals surface area contributed by atoms with Crippen molar-refractivity contribution in [1.29, 1.82) is 0 Å². The average Bonchev–Trinajstić information content (AvgIpc) is 3.34. The summed E-state index contributed by atoms with van der Waals surface area (Å²) < 4.78 is 9.22. The normalized spacial score (nSPS) is 19.8. The van der Waals surface area contributed by atoms with Gasteiger partial charge in [0.1, 0.15) is 5.65 Å². The molecule has 162 valence electrons. The number of hydrogen-bond donors (Lipinski definition) is 1. The third-order valence-corrected chi connectivity index (χ3v) is 6.78. The van der Waals surface area contributed by atoms with Crippen molar-refractivity contribution in [2.24, 2.45) is 7.05 Å². The van der Waals surface area contributed by atoms with Gasteiger partial charge in [-0.05, 0) is 56.7 Å². The number of fused-ring (bicyclic) bond motifs is 1. The van der Waals surface area contributed by atoms with Gasteiger partial charge in [0.25, 0.3) is 0 Å². The highest BCUT2D eigenvalue weighted by Gasteiger charge is 2.26. The van der Waals surface area contributed by atoms with Gasteiger partial charge >= 0.3 is 0 Å². The standard InChI is InChI=1S/C23H33N5OS/c1-4-27(10-11-29-5-2)20-8-6-17(7-9-20)18-12-21-22(19-14-25-26(3)15-19)16-28(30)23(21)24-13-18/h12-17,20,30H,4-11H2,1-3H3/t17-,20-. The molecule has 0 radical (unpaired) electrons. The molecule has 0 N–H and O–H groups in total. The Kier molecular flexibility index (Phi) is 6.80. The van der Waals surface area contributed by atoms with Crippen molar-refractivity contribution in [1.82, 2.24) is 23.6 Å². The second-order valence-corrected chi connectivity index (χ2v) is 8.69. The average molecular weight is 428 g/mol. The SMILES string of the molecule is CCOCCN(CC)[C@H]1CC[C@H](c2cnc3c(c2)c(-c2cnn(C)c2)cn3S)CC1. The largest absolute Gasteiger partial charge is 0.380 e. The van der Waals surface area contributed by atoms with E-state index in [9.17, 15) is 0 Å². The predicted octanol–water partition coefficient (Wildman–Crippen LogP) is 4.51. The summed E-state index contributed by atoms with van der Waals surface area (Å²) in [4.78, 5) is 7.35. The minimum atomic E-state index is 0.578. The maximum Gasteiger partial charge on any atom is 0.150 e. The first-order valence-electron chi connectivity index (χ1n) is 11.1. The Labute approximate surface area is 184 Å². The van der Waals surface area contributed by atoms with E-state index in [1.807, 2.05) is 34.3 Å². The molecule has 6 nitrogen and oxygen atoms in total. The van der Waals surface area contributed by atoms with E-state index >= 15 is 0 Å². The maximum absolute atomic E-state index is 5.58. The van der Waals surface area contributed by atoms with Crippen molar-refractivity contribution in [2.45, 2.75) is 51.5 Å². The van der Waals surface area contributed by atoms with Gasteiger partial charge in [0.15, 0.2) is 0 Å². The number of ether oxygens (including phenoxy) is 1. The van der Waals surface area contributed by atoms with Crippen molar-refractivity contribution in [3.63, 3.8) is 0 Å². The van der Waals surface area contributed by atoms with Crippen molar-refractivity contribution in [2.75, 3.05) is 26.3 Å². The molecule has 1 aliphatic rings. The first kappa shape index (κ1) is 21.4. The van der Waals surface area contributed by atoms with Gasteiger partial charge < -0.3 is 4.74 Å². The zero-order chi connectivity index (χ0) is 21.1. The molecule has 0 atom stereocenters. The lowest BCUT2D eigenvalue weighted by Crippen LogP contribution is -2.39. The molecule has 30 heavy (non-hydrogen) atoms. The van der Waals surface area contributed by atoms with E-state index in [1.54, 1.807) is 0 Å². The van der Waals surface area contributed by atoms with Gasteiger partial charge in [-0.15, -0.1) is 0 Å². The van der Waals surface area contributed by atoms with E-state index in [-0.39, 0.29) is 0 Å². The van der Waals surface area contributed by atoms with Crippen LogP contribution in [-0.4, -0.2) is 56.0 Å². The summed E-state index contributed by atoms with van der Waals surface area (Å²) in [5, 5.41) is 5.49. The van der Waals surface area contributed by atoms with E-state index in [1.165, 1.54) is 31.2 Å². The van der Waals surface area contributed by atoms with Crippen LogP contribution in [0.1, 0.15) is 51.0 Å². The first-order chi connectivity index (χ1) is 14.6. The molecule has 3 aromatic rings. The highest BCUT2D eigenvalue weighted by molar-refractivity contribution is 7.78. The Morgan fingerprint density at radius 2 is 1.97 bits per heavy atom. The third kappa shape index (κ3) is 4.43. The van der Waals surface area contributed by atoms with E-state index < -0.39 is 0 Å². The highest BCUT2D eigenvalue weighted by atomic mass is 32.1. The van der Waals surface area contributed by atoms with E-state index in [0.29, 0.717) is 12.0 Å². The fourth-order valence-electron chi connectivity index (χ4n) is 4.82. The molecule has 7 heteroatoms. The van der Waals surface area contributed by atoms with Crippen molar-refractivity contribution >= 4 is 23.8 Å².